The SMILES string of the molecule is CCC(OCC1CSC(COC(CC)OC2(CC)OCC(C)O2)CS1)OC1(CC)OCC(C)O1. The molecule has 0 spiro atoms. The number of hydrogen-bond donors (Lipinski definition) is 0. The van der Waals surface area contributed by atoms with Gasteiger partial charge >= 0.3 is 0 Å². The van der Waals surface area contributed by atoms with E-state index in [0.29, 0.717) is 49.8 Å². The van der Waals surface area contributed by atoms with Crippen LogP contribution in [0.3, 0.4) is 0 Å². The van der Waals surface area contributed by atoms with E-state index >= 15 is 0 Å². The van der Waals surface area contributed by atoms with Gasteiger partial charge in [0.05, 0.1) is 38.6 Å². The van der Waals surface area contributed by atoms with Gasteiger partial charge in [0, 0.05) is 34.8 Å². The van der Waals surface area contributed by atoms with Crippen LogP contribution in [0, 0.1) is 0 Å². The highest BCUT2D eigenvalue weighted by atomic mass is 32.2. The van der Waals surface area contributed by atoms with E-state index in [4.69, 9.17) is 37.9 Å². The van der Waals surface area contributed by atoms with Gasteiger partial charge in [-0.05, 0) is 26.7 Å². The minimum absolute atomic E-state index is 0.0360. The van der Waals surface area contributed by atoms with Crippen LogP contribution in [0.15, 0.2) is 0 Å². The Labute approximate surface area is 213 Å². The third kappa shape index (κ3) is 8.19. The standard InChI is InChI=1S/C24H44O8S2/c1-7-21(31-23(9-3)27-11-17(5)29-23)25-13-19-15-34-20(16-33-19)14-26-22(8-2)32-24(10-4)28-12-18(6)30-24/h17-22H,7-16H2,1-6H3. The molecule has 3 aliphatic rings. The minimum Gasteiger partial charge on any atom is -0.351 e. The van der Waals surface area contributed by atoms with Gasteiger partial charge < -0.3 is 28.4 Å². The summed E-state index contributed by atoms with van der Waals surface area (Å²) in [7, 11) is 0. The molecular weight excluding hydrogens is 480 g/mol. The summed E-state index contributed by atoms with van der Waals surface area (Å²) in [6.45, 7) is 14.5. The Kier molecular flexibility index (Phi) is 11.7. The molecular formula is C24H44O8S2. The van der Waals surface area contributed by atoms with Crippen LogP contribution in [0.4, 0.5) is 0 Å². The molecule has 8 unspecified atom stereocenters. The van der Waals surface area contributed by atoms with E-state index in [0.717, 1.165) is 24.3 Å². The molecule has 0 aromatic heterocycles. The van der Waals surface area contributed by atoms with Gasteiger partial charge in [-0.1, -0.05) is 27.7 Å². The molecule has 0 aliphatic carbocycles. The smallest absolute Gasteiger partial charge is 0.285 e. The normalized spacial score (nSPS) is 38.3. The van der Waals surface area contributed by atoms with Crippen LogP contribution in [0.25, 0.3) is 0 Å². The minimum atomic E-state index is -0.974. The van der Waals surface area contributed by atoms with Crippen LogP contribution in [-0.4, -0.2) is 85.2 Å². The quantitative estimate of drug-likeness (QED) is 0.298. The maximum atomic E-state index is 6.12. The summed E-state index contributed by atoms with van der Waals surface area (Å²) >= 11 is 3.87. The second-order valence-corrected chi connectivity index (χ2v) is 11.7. The fraction of sp³-hybridized carbons (Fsp3) is 1.00. The largest absolute Gasteiger partial charge is 0.351 e. The zero-order valence-electron chi connectivity index (χ0n) is 21.6. The van der Waals surface area contributed by atoms with Crippen LogP contribution in [0.5, 0.6) is 0 Å². The monoisotopic (exact) mass is 524 g/mol. The summed E-state index contributed by atoms with van der Waals surface area (Å²) in [5.41, 5.74) is 0. The van der Waals surface area contributed by atoms with Crippen molar-refractivity contribution in [1.82, 2.24) is 0 Å². The van der Waals surface area contributed by atoms with Crippen LogP contribution >= 0.6 is 23.5 Å². The Morgan fingerprint density at radius 2 is 1.15 bits per heavy atom. The predicted molar refractivity (Wildman–Crippen MR) is 134 cm³/mol. The lowest BCUT2D eigenvalue weighted by molar-refractivity contribution is -0.386. The summed E-state index contributed by atoms with van der Waals surface area (Å²) in [5.74, 6) is 0.0758. The van der Waals surface area contributed by atoms with Gasteiger partial charge in [0.25, 0.3) is 11.9 Å². The molecule has 8 atom stereocenters. The molecule has 3 saturated heterocycles. The van der Waals surface area contributed by atoms with Crippen molar-refractivity contribution >= 4 is 23.5 Å². The first-order chi connectivity index (χ1) is 16.3. The highest BCUT2D eigenvalue weighted by molar-refractivity contribution is 8.07. The number of thioether (sulfide) groups is 2. The Bertz CT molecular complexity index is 543. The first-order valence-electron chi connectivity index (χ1n) is 12.8. The molecule has 3 fully saturated rings. The molecule has 10 heteroatoms. The van der Waals surface area contributed by atoms with Gasteiger partial charge in [-0.2, -0.15) is 23.5 Å². The van der Waals surface area contributed by atoms with Gasteiger partial charge in [-0.3, -0.25) is 9.47 Å². The van der Waals surface area contributed by atoms with E-state index in [9.17, 15) is 0 Å². The average Bonchev–Trinajstić information content (AvgIpc) is 3.42. The highest BCUT2D eigenvalue weighted by Gasteiger charge is 2.43. The van der Waals surface area contributed by atoms with E-state index in [-0.39, 0.29) is 24.8 Å². The summed E-state index contributed by atoms with van der Waals surface area (Å²) < 4.78 is 47.8. The maximum absolute atomic E-state index is 6.12. The highest BCUT2D eigenvalue weighted by Crippen LogP contribution is 2.34. The van der Waals surface area contributed by atoms with Crippen LogP contribution < -0.4 is 0 Å². The molecule has 200 valence electrons. The molecule has 8 nitrogen and oxygen atoms in total. The molecule has 0 bridgehead atoms. The molecule has 0 radical (unpaired) electrons. The maximum Gasteiger partial charge on any atom is 0.285 e. The molecule has 0 N–H and O–H groups in total. The Balaban J connectivity index is 1.35. The lowest BCUT2D eigenvalue weighted by Crippen LogP contribution is -2.40. The van der Waals surface area contributed by atoms with Crippen LogP contribution in [0.1, 0.15) is 67.2 Å². The van der Waals surface area contributed by atoms with Crippen molar-refractivity contribution in [3.8, 4) is 0 Å². The summed E-state index contributed by atoms with van der Waals surface area (Å²) in [5, 5.41) is 0.841. The molecule has 3 heterocycles. The second kappa shape index (κ2) is 13.8. The third-order valence-corrected chi connectivity index (χ3v) is 9.12. The lowest BCUT2D eigenvalue weighted by atomic mass is 10.4. The van der Waals surface area contributed by atoms with Crippen LogP contribution in [0.2, 0.25) is 0 Å². The van der Waals surface area contributed by atoms with Gasteiger partial charge in [0.2, 0.25) is 0 Å². The zero-order chi connectivity index (χ0) is 24.6. The van der Waals surface area contributed by atoms with Crippen molar-refractivity contribution in [3.63, 3.8) is 0 Å². The van der Waals surface area contributed by atoms with Crippen molar-refractivity contribution < 1.29 is 37.9 Å². The molecule has 3 rings (SSSR count). The van der Waals surface area contributed by atoms with E-state index in [2.05, 4.69) is 13.8 Å². The molecule has 3 aliphatic heterocycles. The van der Waals surface area contributed by atoms with E-state index in [1.54, 1.807) is 0 Å². The van der Waals surface area contributed by atoms with Gasteiger partial charge in [-0.15, -0.1) is 0 Å². The van der Waals surface area contributed by atoms with Crippen molar-refractivity contribution in [2.45, 2.75) is 114 Å². The van der Waals surface area contributed by atoms with Gasteiger partial charge in [0.15, 0.2) is 12.6 Å². The Morgan fingerprint density at radius 3 is 1.41 bits per heavy atom. The van der Waals surface area contributed by atoms with E-state index in [1.807, 2.05) is 51.2 Å². The summed E-state index contributed by atoms with van der Waals surface area (Å²) in [4.78, 5) is 0. The Morgan fingerprint density at radius 1 is 0.735 bits per heavy atom. The first kappa shape index (κ1) is 28.9. The second-order valence-electron chi connectivity index (χ2n) is 9.04. The van der Waals surface area contributed by atoms with Crippen LogP contribution in [-0.2, 0) is 37.9 Å². The molecule has 0 aromatic carbocycles. The van der Waals surface area contributed by atoms with E-state index < -0.39 is 11.9 Å². The molecule has 0 amide bonds. The number of ether oxygens (including phenoxy) is 8. The molecule has 0 aromatic rings. The summed E-state index contributed by atoms with van der Waals surface area (Å²) in [6.07, 6.45) is 2.14. The van der Waals surface area contributed by atoms with Gasteiger partial charge in [-0.25, -0.2) is 0 Å². The average molecular weight is 525 g/mol. The van der Waals surface area contributed by atoms with Gasteiger partial charge in [0.1, 0.15) is 0 Å². The topological polar surface area (TPSA) is 73.8 Å². The zero-order valence-corrected chi connectivity index (χ0v) is 23.3. The lowest BCUT2D eigenvalue weighted by Gasteiger charge is -2.33. The molecule has 34 heavy (non-hydrogen) atoms. The fourth-order valence-corrected chi connectivity index (χ4v) is 6.73. The van der Waals surface area contributed by atoms with Crippen molar-refractivity contribution in [3.05, 3.63) is 0 Å². The summed E-state index contributed by atoms with van der Waals surface area (Å²) in [6, 6.07) is 0. The third-order valence-electron chi connectivity index (χ3n) is 5.96. The van der Waals surface area contributed by atoms with Crippen molar-refractivity contribution in [1.29, 1.82) is 0 Å². The van der Waals surface area contributed by atoms with Crippen molar-refractivity contribution in [2.24, 2.45) is 0 Å². The fourth-order valence-electron chi connectivity index (χ4n) is 3.97. The number of rotatable bonds is 14. The Hall–Kier alpha value is 0.380. The van der Waals surface area contributed by atoms with E-state index in [1.165, 1.54) is 0 Å². The first-order valence-corrected chi connectivity index (χ1v) is 14.9. The predicted octanol–water partition coefficient (Wildman–Crippen LogP) is 4.74. The number of hydrogen-bond acceptors (Lipinski definition) is 10. The molecule has 0 saturated carbocycles. The van der Waals surface area contributed by atoms with Crippen molar-refractivity contribution in [2.75, 3.05) is 37.9 Å².